The molecular formula is C24H42O. The second kappa shape index (κ2) is 13.3. The molecule has 0 fully saturated rings. The van der Waals surface area contributed by atoms with Gasteiger partial charge in [0.05, 0.1) is 0 Å². The zero-order chi connectivity index (χ0) is 18.5. The molecule has 1 rings (SSSR count). The van der Waals surface area contributed by atoms with Gasteiger partial charge in [0.2, 0.25) is 0 Å². The third kappa shape index (κ3) is 10.6. The van der Waals surface area contributed by atoms with Gasteiger partial charge in [-0.1, -0.05) is 97.3 Å². The molecule has 1 aromatic rings. The van der Waals surface area contributed by atoms with Gasteiger partial charge in [0.25, 0.3) is 0 Å². The Morgan fingerprint density at radius 3 is 1.44 bits per heavy atom. The molecule has 0 aromatic heterocycles. The molecule has 1 aromatic carbocycles. The second-order valence-corrected chi connectivity index (χ2v) is 8.62. The van der Waals surface area contributed by atoms with Gasteiger partial charge < -0.3 is 5.11 Å². The number of hydrogen-bond acceptors (Lipinski definition) is 1. The van der Waals surface area contributed by atoms with Crippen LogP contribution in [-0.4, -0.2) is 5.11 Å². The van der Waals surface area contributed by atoms with Crippen LogP contribution in [0.1, 0.15) is 103 Å². The molecule has 0 saturated heterocycles. The first-order valence-corrected chi connectivity index (χ1v) is 10.8. The van der Waals surface area contributed by atoms with Crippen LogP contribution in [0.5, 0.6) is 5.75 Å². The van der Waals surface area contributed by atoms with E-state index in [1.54, 1.807) is 0 Å². The van der Waals surface area contributed by atoms with Gasteiger partial charge in [-0.3, -0.25) is 0 Å². The van der Waals surface area contributed by atoms with Crippen LogP contribution in [-0.2, 0) is 12.8 Å². The van der Waals surface area contributed by atoms with Crippen LogP contribution in [0.3, 0.4) is 0 Å². The summed E-state index contributed by atoms with van der Waals surface area (Å²) < 4.78 is 0. The Balaban J connectivity index is 2.25. The van der Waals surface area contributed by atoms with Crippen molar-refractivity contribution in [3.63, 3.8) is 0 Å². The summed E-state index contributed by atoms with van der Waals surface area (Å²) in [5.74, 6) is 2.23. The molecule has 0 atom stereocenters. The quantitative estimate of drug-likeness (QED) is 0.342. The SMILES string of the molecule is CC(C)CCCCCCc1cccc(CCCCCCC(C)C)c1O. The van der Waals surface area contributed by atoms with Crippen LogP contribution in [0.15, 0.2) is 18.2 Å². The van der Waals surface area contributed by atoms with E-state index in [-0.39, 0.29) is 0 Å². The van der Waals surface area contributed by atoms with Crippen molar-refractivity contribution in [3.8, 4) is 5.75 Å². The van der Waals surface area contributed by atoms with Crippen LogP contribution in [0.2, 0.25) is 0 Å². The van der Waals surface area contributed by atoms with Crippen LogP contribution in [0.4, 0.5) is 0 Å². The number of rotatable bonds is 14. The summed E-state index contributed by atoms with van der Waals surface area (Å²) in [7, 11) is 0. The summed E-state index contributed by atoms with van der Waals surface area (Å²) >= 11 is 0. The number of para-hydroxylation sites is 1. The molecule has 0 spiro atoms. The summed E-state index contributed by atoms with van der Waals surface area (Å²) in [6, 6.07) is 6.34. The molecular weight excluding hydrogens is 304 g/mol. The smallest absolute Gasteiger partial charge is 0.121 e. The number of aryl methyl sites for hydroxylation is 2. The lowest BCUT2D eigenvalue weighted by Gasteiger charge is -2.10. The van der Waals surface area contributed by atoms with Crippen molar-refractivity contribution < 1.29 is 5.11 Å². The highest BCUT2D eigenvalue weighted by molar-refractivity contribution is 5.40. The molecule has 1 heteroatoms. The lowest BCUT2D eigenvalue weighted by molar-refractivity contribution is 0.455. The van der Waals surface area contributed by atoms with Crippen molar-refractivity contribution in [1.82, 2.24) is 0 Å². The monoisotopic (exact) mass is 346 g/mol. The lowest BCUT2D eigenvalue weighted by atomic mass is 9.98. The minimum Gasteiger partial charge on any atom is -0.507 e. The molecule has 0 aliphatic rings. The van der Waals surface area contributed by atoms with Crippen molar-refractivity contribution in [3.05, 3.63) is 29.3 Å². The van der Waals surface area contributed by atoms with E-state index in [1.807, 2.05) is 0 Å². The Kier molecular flexibility index (Phi) is 11.7. The summed E-state index contributed by atoms with van der Waals surface area (Å²) in [5.41, 5.74) is 2.31. The van der Waals surface area contributed by atoms with E-state index in [9.17, 15) is 5.11 Å². The van der Waals surface area contributed by atoms with Crippen molar-refractivity contribution in [2.45, 2.75) is 105 Å². The van der Waals surface area contributed by atoms with Crippen LogP contribution >= 0.6 is 0 Å². The Bertz CT molecular complexity index is 409. The van der Waals surface area contributed by atoms with E-state index in [2.05, 4.69) is 45.9 Å². The highest BCUT2D eigenvalue weighted by Gasteiger charge is 2.07. The van der Waals surface area contributed by atoms with Gasteiger partial charge in [-0.05, 0) is 48.6 Å². The summed E-state index contributed by atoms with van der Waals surface area (Å²) in [6.45, 7) is 9.20. The molecule has 0 amide bonds. The van der Waals surface area contributed by atoms with E-state index in [1.165, 1.54) is 64.2 Å². The minimum atomic E-state index is 0.576. The predicted molar refractivity (Wildman–Crippen MR) is 111 cm³/mol. The van der Waals surface area contributed by atoms with Crippen molar-refractivity contribution in [1.29, 1.82) is 0 Å². The number of phenols is 1. The fourth-order valence-corrected chi connectivity index (χ4v) is 3.49. The van der Waals surface area contributed by atoms with Crippen LogP contribution in [0.25, 0.3) is 0 Å². The van der Waals surface area contributed by atoms with Gasteiger partial charge in [0, 0.05) is 0 Å². The lowest BCUT2D eigenvalue weighted by Crippen LogP contribution is -1.94. The maximum Gasteiger partial charge on any atom is 0.121 e. The molecule has 0 heterocycles. The van der Waals surface area contributed by atoms with Gasteiger partial charge in [0.15, 0.2) is 0 Å². The molecule has 0 aliphatic carbocycles. The molecule has 0 unspecified atom stereocenters. The Hall–Kier alpha value is -0.980. The van der Waals surface area contributed by atoms with Gasteiger partial charge in [-0.25, -0.2) is 0 Å². The summed E-state index contributed by atoms with van der Waals surface area (Å²) in [6.07, 6.45) is 15.1. The summed E-state index contributed by atoms with van der Waals surface area (Å²) in [4.78, 5) is 0. The molecule has 0 aliphatic heterocycles. The molecule has 1 nitrogen and oxygen atoms in total. The Morgan fingerprint density at radius 2 is 1.04 bits per heavy atom. The molecule has 1 N–H and O–H groups in total. The maximum absolute atomic E-state index is 10.5. The van der Waals surface area contributed by atoms with Crippen molar-refractivity contribution in [2.75, 3.05) is 0 Å². The van der Waals surface area contributed by atoms with Gasteiger partial charge >= 0.3 is 0 Å². The Labute approximate surface area is 157 Å². The average Bonchev–Trinajstić information content (AvgIpc) is 2.56. The van der Waals surface area contributed by atoms with Gasteiger partial charge in [0.1, 0.15) is 5.75 Å². The first-order valence-electron chi connectivity index (χ1n) is 10.8. The highest BCUT2D eigenvalue weighted by atomic mass is 16.3. The molecule has 0 radical (unpaired) electrons. The number of aromatic hydroxyl groups is 1. The molecule has 144 valence electrons. The number of phenolic OH excluding ortho intramolecular Hbond substituents is 1. The van der Waals surface area contributed by atoms with Crippen LogP contribution < -0.4 is 0 Å². The first kappa shape index (κ1) is 22.1. The van der Waals surface area contributed by atoms with E-state index < -0.39 is 0 Å². The normalized spacial score (nSPS) is 11.6. The van der Waals surface area contributed by atoms with Crippen LogP contribution in [0, 0.1) is 11.8 Å². The van der Waals surface area contributed by atoms with E-state index in [0.29, 0.717) is 5.75 Å². The molecule has 25 heavy (non-hydrogen) atoms. The predicted octanol–water partition coefficient (Wildman–Crippen LogP) is 7.69. The van der Waals surface area contributed by atoms with Crippen molar-refractivity contribution in [2.24, 2.45) is 11.8 Å². The third-order valence-electron chi connectivity index (χ3n) is 5.16. The van der Waals surface area contributed by atoms with Crippen molar-refractivity contribution >= 4 is 0 Å². The number of unbranched alkanes of at least 4 members (excludes halogenated alkanes) is 6. The summed E-state index contributed by atoms with van der Waals surface area (Å²) in [5, 5.41) is 10.5. The Morgan fingerprint density at radius 1 is 0.640 bits per heavy atom. The number of hydrogen-bond donors (Lipinski definition) is 1. The fourth-order valence-electron chi connectivity index (χ4n) is 3.49. The largest absolute Gasteiger partial charge is 0.507 e. The topological polar surface area (TPSA) is 20.2 Å². The zero-order valence-corrected chi connectivity index (χ0v) is 17.3. The van der Waals surface area contributed by atoms with Gasteiger partial charge in [-0.15, -0.1) is 0 Å². The number of benzene rings is 1. The fraction of sp³-hybridized carbons (Fsp3) is 0.750. The van der Waals surface area contributed by atoms with E-state index in [0.717, 1.165) is 35.8 Å². The second-order valence-electron chi connectivity index (χ2n) is 8.62. The zero-order valence-electron chi connectivity index (χ0n) is 17.3. The first-order chi connectivity index (χ1) is 12.0. The molecule has 0 saturated carbocycles. The third-order valence-corrected chi connectivity index (χ3v) is 5.16. The minimum absolute atomic E-state index is 0.576. The average molecular weight is 347 g/mol. The highest BCUT2D eigenvalue weighted by Crippen LogP contribution is 2.26. The van der Waals surface area contributed by atoms with E-state index in [4.69, 9.17) is 0 Å². The maximum atomic E-state index is 10.5. The molecule has 0 bridgehead atoms. The standard InChI is InChI=1S/C24H42O/c1-20(2)14-9-5-7-11-16-22-18-13-19-23(24(22)25)17-12-8-6-10-15-21(3)4/h13,18-21,25H,5-12,14-17H2,1-4H3. The van der Waals surface area contributed by atoms with E-state index >= 15 is 0 Å². The van der Waals surface area contributed by atoms with Gasteiger partial charge in [-0.2, -0.15) is 0 Å².